The number of nitrogens with two attached hydrogens (primary N) is 1. The van der Waals surface area contributed by atoms with Crippen LogP contribution in [0.2, 0.25) is 5.02 Å². The molecule has 1 aliphatic heterocycles. The van der Waals surface area contributed by atoms with Crippen LogP contribution in [0.1, 0.15) is 24.5 Å². The zero-order valence-corrected chi connectivity index (χ0v) is 19.8. The molecule has 35 heavy (non-hydrogen) atoms. The topological polar surface area (TPSA) is 83.7 Å². The van der Waals surface area contributed by atoms with E-state index in [9.17, 15) is 31.9 Å². The second-order valence-electron chi connectivity index (χ2n) is 8.49. The van der Waals surface area contributed by atoms with Gasteiger partial charge in [-0.3, -0.25) is 19.3 Å². The first kappa shape index (κ1) is 26.2. The minimum absolute atomic E-state index is 0.0176. The van der Waals surface area contributed by atoms with Gasteiger partial charge in [0.1, 0.15) is 11.2 Å². The van der Waals surface area contributed by atoms with E-state index in [-0.39, 0.29) is 27.5 Å². The summed E-state index contributed by atoms with van der Waals surface area (Å²) in [5.74, 6) is -3.22. The number of nitrogens with zero attached hydrogens (tertiary/aromatic N) is 2. The second kappa shape index (κ2) is 9.33. The molecule has 11 heteroatoms. The lowest BCUT2D eigenvalue weighted by Crippen LogP contribution is -2.56. The highest BCUT2D eigenvalue weighted by Gasteiger charge is 2.53. The van der Waals surface area contributed by atoms with Crippen LogP contribution in [-0.2, 0) is 27.0 Å². The molecule has 2 aromatic carbocycles. The van der Waals surface area contributed by atoms with Crippen molar-refractivity contribution < 1.29 is 31.9 Å². The normalized spacial score (nSPS) is 18.6. The Balaban J connectivity index is 2.26. The van der Waals surface area contributed by atoms with Gasteiger partial charge < -0.3 is 10.6 Å². The van der Waals surface area contributed by atoms with Crippen LogP contribution in [0.4, 0.5) is 23.2 Å². The molecule has 1 unspecified atom stereocenters. The summed E-state index contributed by atoms with van der Waals surface area (Å²) in [6.07, 6.45) is -5.50. The third kappa shape index (κ3) is 4.88. The quantitative estimate of drug-likeness (QED) is 0.479. The Morgan fingerprint density at radius 1 is 1.17 bits per heavy atom. The fraction of sp³-hybridized carbons (Fsp3) is 0.292. The van der Waals surface area contributed by atoms with Gasteiger partial charge in [-0.2, -0.15) is 13.2 Å². The minimum atomic E-state index is -4.70. The van der Waals surface area contributed by atoms with Gasteiger partial charge in [-0.25, -0.2) is 4.39 Å². The molecular formula is C24H22ClF4N3O3. The van der Waals surface area contributed by atoms with E-state index in [1.54, 1.807) is 0 Å². The zero-order valence-electron chi connectivity index (χ0n) is 19.0. The summed E-state index contributed by atoms with van der Waals surface area (Å²) < 4.78 is 53.7. The summed E-state index contributed by atoms with van der Waals surface area (Å²) in [4.78, 5) is 41.8. The maximum absolute atomic E-state index is 13.8. The molecule has 0 fully saturated rings. The largest absolute Gasteiger partial charge is 0.416 e. The van der Waals surface area contributed by atoms with Gasteiger partial charge in [0.05, 0.1) is 5.56 Å². The predicted molar refractivity (Wildman–Crippen MR) is 122 cm³/mol. The van der Waals surface area contributed by atoms with Gasteiger partial charge in [0.25, 0.3) is 5.91 Å². The van der Waals surface area contributed by atoms with Gasteiger partial charge in [0, 0.05) is 42.5 Å². The van der Waals surface area contributed by atoms with Crippen LogP contribution in [0.25, 0.3) is 0 Å². The van der Waals surface area contributed by atoms with E-state index in [0.717, 1.165) is 35.2 Å². The predicted octanol–water partition coefficient (Wildman–Crippen LogP) is 4.31. The summed E-state index contributed by atoms with van der Waals surface area (Å²) in [5, 5.41) is -0.0733. The number of carbonyl (C=O) groups is 3. The number of halogens is 5. The van der Waals surface area contributed by atoms with Crippen molar-refractivity contribution in [2.75, 3.05) is 19.0 Å². The highest BCUT2D eigenvalue weighted by atomic mass is 35.5. The summed E-state index contributed by atoms with van der Waals surface area (Å²) in [6.45, 7) is 1.41. The van der Waals surface area contributed by atoms with Crippen molar-refractivity contribution in [2.24, 2.45) is 11.1 Å². The van der Waals surface area contributed by atoms with Crippen LogP contribution in [0, 0.1) is 11.2 Å². The first-order valence-corrected chi connectivity index (χ1v) is 10.7. The third-order valence-corrected chi connectivity index (χ3v) is 6.29. The van der Waals surface area contributed by atoms with E-state index in [4.69, 9.17) is 17.3 Å². The number of benzene rings is 2. The average molecular weight is 512 g/mol. The van der Waals surface area contributed by atoms with Gasteiger partial charge in [-0.1, -0.05) is 23.7 Å². The molecule has 1 aliphatic rings. The summed E-state index contributed by atoms with van der Waals surface area (Å²) in [5.41, 5.74) is 2.72. The highest BCUT2D eigenvalue weighted by molar-refractivity contribution is 6.31. The fourth-order valence-corrected chi connectivity index (χ4v) is 4.28. The van der Waals surface area contributed by atoms with Crippen molar-refractivity contribution in [1.29, 1.82) is 0 Å². The molecule has 186 valence electrons. The molecule has 0 saturated heterocycles. The van der Waals surface area contributed by atoms with Gasteiger partial charge in [0.2, 0.25) is 11.8 Å². The van der Waals surface area contributed by atoms with Gasteiger partial charge in [-0.15, -0.1) is 0 Å². The molecule has 2 aromatic rings. The van der Waals surface area contributed by atoms with Gasteiger partial charge >= 0.3 is 6.18 Å². The average Bonchev–Trinajstić information content (AvgIpc) is 2.76. The number of rotatable bonds is 5. The Morgan fingerprint density at radius 3 is 2.37 bits per heavy atom. The maximum Gasteiger partial charge on any atom is 0.416 e. The van der Waals surface area contributed by atoms with Crippen molar-refractivity contribution in [3.05, 3.63) is 75.7 Å². The smallest absolute Gasteiger partial charge is 0.369 e. The maximum atomic E-state index is 13.8. The standard InChI is InChI=1S/C24H22ClF4N3O3/c1-13-18(20(33)31(2)3)12-23(21(30)34,11-14-7-8-16(26)10-19(14)25)22(35)32(13)17-6-4-5-15(9-17)24(27,28)29/h4-10H,11-12H2,1-3H3,(H2,30,34). The lowest BCUT2D eigenvalue weighted by molar-refractivity contribution is -0.141. The first-order chi connectivity index (χ1) is 16.2. The summed E-state index contributed by atoms with van der Waals surface area (Å²) in [6, 6.07) is 7.32. The Morgan fingerprint density at radius 2 is 1.83 bits per heavy atom. The van der Waals surface area contributed by atoms with Crippen molar-refractivity contribution >= 4 is 35.0 Å². The molecule has 1 heterocycles. The number of amides is 3. The van der Waals surface area contributed by atoms with Crippen molar-refractivity contribution in [3.63, 3.8) is 0 Å². The van der Waals surface area contributed by atoms with E-state index in [1.807, 2.05) is 0 Å². The molecule has 0 spiro atoms. The van der Waals surface area contributed by atoms with Crippen molar-refractivity contribution in [3.8, 4) is 0 Å². The Kier molecular flexibility index (Phi) is 6.99. The molecule has 1 atom stereocenters. The number of hydrogen-bond donors (Lipinski definition) is 1. The summed E-state index contributed by atoms with van der Waals surface area (Å²) >= 11 is 6.14. The third-order valence-electron chi connectivity index (χ3n) is 5.94. The SMILES string of the molecule is CC1=C(C(=O)N(C)C)CC(Cc2ccc(F)cc2Cl)(C(N)=O)C(=O)N1c1cccc(C(F)(F)F)c1. The summed E-state index contributed by atoms with van der Waals surface area (Å²) in [7, 11) is 2.91. The lowest BCUT2D eigenvalue weighted by atomic mass is 9.71. The zero-order chi connectivity index (χ0) is 26.3. The van der Waals surface area contributed by atoms with Crippen molar-refractivity contribution in [2.45, 2.75) is 25.9 Å². The van der Waals surface area contributed by atoms with E-state index in [0.29, 0.717) is 0 Å². The Bertz CT molecular complexity index is 1240. The number of hydrogen-bond acceptors (Lipinski definition) is 3. The number of alkyl halides is 3. The van der Waals surface area contributed by atoms with Gasteiger partial charge in [0.15, 0.2) is 0 Å². The molecule has 0 radical (unpaired) electrons. The van der Waals surface area contributed by atoms with E-state index in [2.05, 4.69) is 0 Å². The minimum Gasteiger partial charge on any atom is -0.369 e. The van der Waals surface area contributed by atoms with Crippen LogP contribution in [0.15, 0.2) is 53.7 Å². The molecule has 3 rings (SSSR count). The molecule has 0 saturated carbocycles. The molecule has 3 amide bonds. The Hall–Kier alpha value is -3.40. The number of primary amides is 1. The Labute approximate surface area is 203 Å². The van der Waals surface area contributed by atoms with Crippen LogP contribution >= 0.6 is 11.6 Å². The number of likely N-dealkylation sites (N-methyl/N-ethyl adjacent to an activating group) is 1. The number of allylic oxidation sites excluding steroid dienone is 1. The van der Waals surface area contributed by atoms with E-state index in [1.165, 1.54) is 38.1 Å². The van der Waals surface area contributed by atoms with Crippen LogP contribution in [0.3, 0.4) is 0 Å². The van der Waals surface area contributed by atoms with Crippen molar-refractivity contribution in [1.82, 2.24) is 4.90 Å². The fourth-order valence-electron chi connectivity index (χ4n) is 4.05. The van der Waals surface area contributed by atoms with E-state index < -0.39 is 53.5 Å². The lowest BCUT2D eigenvalue weighted by Gasteiger charge is -2.41. The highest BCUT2D eigenvalue weighted by Crippen LogP contribution is 2.44. The molecule has 0 aliphatic carbocycles. The van der Waals surface area contributed by atoms with Gasteiger partial charge in [-0.05, 0) is 49.2 Å². The number of carbonyl (C=O) groups excluding carboxylic acids is 3. The molecule has 0 bridgehead atoms. The van der Waals surface area contributed by atoms with Crippen LogP contribution < -0.4 is 10.6 Å². The monoisotopic (exact) mass is 511 g/mol. The first-order valence-electron chi connectivity index (χ1n) is 10.4. The molecule has 2 N–H and O–H groups in total. The van der Waals surface area contributed by atoms with Crippen LogP contribution in [0.5, 0.6) is 0 Å². The number of anilines is 1. The second-order valence-corrected chi connectivity index (χ2v) is 8.90. The van der Waals surface area contributed by atoms with E-state index >= 15 is 0 Å². The molecule has 6 nitrogen and oxygen atoms in total. The molecular weight excluding hydrogens is 490 g/mol. The van der Waals surface area contributed by atoms with Crippen LogP contribution in [-0.4, -0.2) is 36.7 Å². The molecule has 0 aromatic heterocycles.